The summed E-state index contributed by atoms with van der Waals surface area (Å²) in [6.07, 6.45) is 15.4. The third-order valence-electron chi connectivity index (χ3n) is 5.30. The third kappa shape index (κ3) is 11.0. The van der Waals surface area contributed by atoms with E-state index >= 15 is 0 Å². The Kier molecular flexibility index (Phi) is 13.1. The van der Waals surface area contributed by atoms with Gasteiger partial charge >= 0.3 is 0 Å². The first kappa shape index (κ1) is 23.2. The minimum absolute atomic E-state index is 0.0696. The number of aliphatic hydroxyl groups excluding tert-OH is 1. The Balaban J connectivity index is 1.33. The summed E-state index contributed by atoms with van der Waals surface area (Å²) in [7, 11) is 0. The van der Waals surface area contributed by atoms with Gasteiger partial charge in [-0.05, 0) is 62.6 Å². The van der Waals surface area contributed by atoms with Crippen molar-refractivity contribution in [1.29, 1.82) is 0 Å². The summed E-state index contributed by atoms with van der Waals surface area (Å²) in [5.74, 6) is 0.952. The van der Waals surface area contributed by atoms with E-state index in [1.807, 2.05) is 12.1 Å². The van der Waals surface area contributed by atoms with Gasteiger partial charge in [-0.1, -0.05) is 50.7 Å². The second-order valence-corrected chi connectivity index (χ2v) is 7.81. The summed E-state index contributed by atoms with van der Waals surface area (Å²) in [6, 6.07) is 8.27. The van der Waals surface area contributed by atoms with Crippen molar-refractivity contribution in [3.63, 3.8) is 0 Å². The number of benzene rings is 1. The van der Waals surface area contributed by atoms with E-state index in [9.17, 15) is 0 Å². The maximum absolute atomic E-state index is 8.86. The van der Waals surface area contributed by atoms with Gasteiger partial charge in [-0.3, -0.25) is 0 Å². The Labute approximate surface area is 171 Å². The van der Waals surface area contributed by atoms with Gasteiger partial charge in [0.05, 0.1) is 6.61 Å². The van der Waals surface area contributed by atoms with Crippen LogP contribution in [0, 0.1) is 0 Å². The predicted octanol–water partition coefficient (Wildman–Crippen LogP) is 5.65. The normalized spacial score (nSPS) is 17.0. The topological polar surface area (TPSA) is 47.9 Å². The van der Waals surface area contributed by atoms with Crippen molar-refractivity contribution in [2.45, 2.75) is 89.8 Å². The van der Waals surface area contributed by atoms with Crippen LogP contribution in [0.1, 0.15) is 82.6 Å². The SMILES string of the molecule is OCCCc1ccc(OCCCCCCCCCCOC2CCCCO2)cc1. The number of hydrogen-bond donors (Lipinski definition) is 1. The maximum atomic E-state index is 8.86. The molecule has 0 spiro atoms. The molecular formula is C24H40O4. The molecule has 4 nitrogen and oxygen atoms in total. The van der Waals surface area contributed by atoms with Gasteiger partial charge in [-0.2, -0.15) is 0 Å². The number of aryl methyl sites for hydroxylation is 1. The zero-order valence-corrected chi connectivity index (χ0v) is 17.6. The van der Waals surface area contributed by atoms with E-state index in [1.165, 1.54) is 56.9 Å². The highest BCUT2D eigenvalue weighted by atomic mass is 16.7. The van der Waals surface area contributed by atoms with Gasteiger partial charge in [0.1, 0.15) is 5.75 Å². The first-order valence-electron chi connectivity index (χ1n) is 11.4. The van der Waals surface area contributed by atoms with Gasteiger partial charge in [-0.15, -0.1) is 0 Å². The number of ether oxygens (including phenoxy) is 3. The molecule has 0 saturated carbocycles. The Hall–Kier alpha value is -1.10. The summed E-state index contributed by atoms with van der Waals surface area (Å²) in [4.78, 5) is 0. The molecule has 2 rings (SSSR count). The second kappa shape index (κ2) is 15.8. The van der Waals surface area contributed by atoms with Gasteiger partial charge in [0.25, 0.3) is 0 Å². The molecule has 1 atom stereocenters. The van der Waals surface area contributed by atoms with Gasteiger partial charge in [0.15, 0.2) is 6.29 Å². The zero-order chi connectivity index (χ0) is 19.7. The van der Waals surface area contributed by atoms with Crippen LogP contribution in [0.3, 0.4) is 0 Å². The van der Waals surface area contributed by atoms with Gasteiger partial charge in [0.2, 0.25) is 0 Å². The largest absolute Gasteiger partial charge is 0.494 e. The standard InChI is InChI=1S/C24H40O4/c25-18-11-12-22-14-16-23(17-15-22)26-19-8-5-3-1-2-4-6-9-20-27-24-13-7-10-21-28-24/h14-17,24-25H,1-13,18-21H2. The van der Waals surface area contributed by atoms with Crippen molar-refractivity contribution in [2.24, 2.45) is 0 Å². The van der Waals surface area contributed by atoms with Crippen LogP contribution in [0.15, 0.2) is 24.3 Å². The van der Waals surface area contributed by atoms with Crippen molar-refractivity contribution >= 4 is 0 Å². The maximum Gasteiger partial charge on any atom is 0.157 e. The fourth-order valence-corrected chi connectivity index (χ4v) is 3.55. The monoisotopic (exact) mass is 392 g/mol. The van der Waals surface area contributed by atoms with Crippen LogP contribution in [-0.4, -0.2) is 37.8 Å². The highest BCUT2D eigenvalue weighted by Gasteiger charge is 2.13. The highest BCUT2D eigenvalue weighted by Crippen LogP contribution is 2.16. The van der Waals surface area contributed by atoms with Crippen LogP contribution in [-0.2, 0) is 15.9 Å². The van der Waals surface area contributed by atoms with Crippen molar-refractivity contribution in [3.8, 4) is 5.75 Å². The number of aliphatic hydroxyl groups is 1. The molecule has 1 saturated heterocycles. The number of hydrogen-bond acceptors (Lipinski definition) is 4. The molecule has 0 aromatic heterocycles. The molecule has 1 fully saturated rings. The fraction of sp³-hybridized carbons (Fsp3) is 0.750. The van der Waals surface area contributed by atoms with Crippen LogP contribution < -0.4 is 4.74 Å². The molecule has 0 bridgehead atoms. The zero-order valence-electron chi connectivity index (χ0n) is 17.6. The summed E-state index contributed by atoms with van der Waals surface area (Å²) < 4.78 is 17.2. The lowest BCUT2D eigenvalue weighted by molar-refractivity contribution is -0.162. The second-order valence-electron chi connectivity index (χ2n) is 7.81. The average Bonchev–Trinajstić information content (AvgIpc) is 2.74. The molecule has 1 aliphatic rings. The predicted molar refractivity (Wildman–Crippen MR) is 114 cm³/mol. The van der Waals surface area contributed by atoms with Crippen molar-refractivity contribution < 1.29 is 19.3 Å². The third-order valence-corrected chi connectivity index (χ3v) is 5.30. The van der Waals surface area contributed by atoms with E-state index in [4.69, 9.17) is 19.3 Å². The van der Waals surface area contributed by atoms with Crippen LogP contribution in [0.25, 0.3) is 0 Å². The van der Waals surface area contributed by atoms with Crippen molar-refractivity contribution in [2.75, 3.05) is 26.4 Å². The summed E-state index contributed by atoms with van der Waals surface area (Å²) in [5.41, 5.74) is 1.26. The molecule has 28 heavy (non-hydrogen) atoms. The fourth-order valence-electron chi connectivity index (χ4n) is 3.55. The minimum atomic E-state index is 0.0696. The Morgan fingerprint density at radius 2 is 1.50 bits per heavy atom. The van der Waals surface area contributed by atoms with E-state index in [0.717, 1.165) is 57.7 Å². The molecule has 4 heteroatoms. The highest BCUT2D eigenvalue weighted by molar-refractivity contribution is 5.27. The Morgan fingerprint density at radius 3 is 2.14 bits per heavy atom. The average molecular weight is 393 g/mol. The molecule has 160 valence electrons. The van der Waals surface area contributed by atoms with Gasteiger partial charge in [-0.25, -0.2) is 0 Å². The first-order valence-corrected chi connectivity index (χ1v) is 11.4. The lowest BCUT2D eigenvalue weighted by Gasteiger charge is -2.22. The van der Waals surface area contributed by atoms with Crippen LogP contribution in [0.5, 0.6) is 5.75 Å². The van der Waals surface area contributed by atoms with E-state index in [0.29, 0.717) is 0 Å². The van der Waals surface area contributed by atoms with E-state index in [-0.39, 0.29) is 12.9 Å². The van der Waals surface area contributed by atoms with E-state index in [1.54, 1.807) is 0 Å². The summed E-state index contributed by atoms with van der Waals surface area (Å²) in [5, 5.41) is 8.86. The molecular weight excluding hydrogens is 352 g/mol. The van der Waals surface area contributed by atoms with Gasteiger partial charge < -0.3 is 19.3 Å². The summed E-state index contributed by atoms with van der Waals surface area (Å²) in [6.45, 7) is 2.77. The molecule has 1 N–H and O–H groups in total. The Bertz CT molecular complexity index is 468. The quantitative estimate of drug-likeness (QED) is 0.369. The van der Waals surface area contributed by atoms with Gasteiger partial charge in [0, 0.05) is 19.8 Å². The lowest BCUT2D eigenvalue weighted by Crippen LogP contribution is -2.22. The molecule has 1 aromatic rings. The lowest BCUT2D eigenvalue weighted by atomic mass is 10.1. The smallest absolute Gasteiger partial charge is 0.157 e. The minimum Gasteiger partial charge on any atom is -0.494 e. The summed E-state index contributed by atoms with van der Waals surface area (Å²) >= 11 is 0. The van der Waals surface area contributed by atoms with Crippen molar-refractivity contribution in [1.82, 2.24) is 0 Å². The van der Waals surface area contributed by atoms with Crippen LogP contribution in [0.4, 0.5) is 0 Å². The number of rotatable bonds is 16. The first-order chi connectivity index (χ1) is 13.9. The molecule has 1 heterocycles. The van der Waals surface area contributed by atoms with Crippen LogP contribution >= 0.6 is 0 Å². The molecule has 0 amide bonds. The molecule has 1 unspecified atom stereocenters. The molecule has 1 aromatic carbocycles. The van der Waals surface area contributed by atoms with Crippen LogP contribution in [0.2, 0.25) is 0 Å². The van der Waals surface area contributed by atoms with E-state index in [2.05, 4.69) is 12.1 Å². The van der Waals surface area contributed by atoms with Crippen molar-refractivity contribution in [3.05, 3.63) is 29.8 Å². The Morgan fingerprint density at radius 1 is 0.821 bits per heavy atom. The number of unbranched alkanes of at least 4 members (excludes halogenated alkanes) is 7. The molecule has 0 radical (unpaired) electrons. The van der Waals surface area contributed by atoms with E-state index < -0.39 is 0 Å². The molecule has 0 aliphatic carbocycles. The molecule has 1 aliphatic heterocycles.